The number of carboxylic acid groups (broad SMARTS) is 1. The zero-order valence-electron chi connectivity index (χ0n) is 7.67. The van der Waals surface area contributed by atoms with Gasteiger partial charge in [-0.15, -0.1) is 12.4 Å². The fraction of sp³-hybridized carbons (Fsp3) is 0.500. The number of carbonyl (C=O) groups is 1. The number of rotatable bonds is 1. The van der Waals surface area contributed by atoms with Gasteiger partial charge >= 0.3 is 5.97 Å². The van der Waals surface area contributed by atoms with E-state index in [1.54, 1.807) is 11.9 Å². The van der Waals surface area contributed by atoms with Gasteiger partial charge in [-0.1, -0.05) is 0 Å². The molecular weight excluding hydrogens is 206 g/mol. The van der Waals surface area contributed by atoms with E-state index in [4.69, 9.17) is 5.11 Å². The van der Waals surface area contributed by atoms with E-state index in [0.717, 1.165) is 11.4 Å². The molecule has 0 amide bonds. The first-order valence-corrected chi connectivity index (χ1v) is 4.07. The van der Waals surface area contributed by atoms with Crippen LogP contribution in [0, 0.1) is 0 Å². The highest BCUT2D eigenvalue weighted by Gasteiger charge is 2.32. The first kappa shape index (κ1) is 11.0. The van der Waals surface area contributed by atoms with Crippen LogP contribution < -0.4 is 5.32 Å². The molecule has 1 N–H and O–H groups in total. The second-order valence-electron chi connectivity index (χ2n) is 3.24. The van der Waals surface area contributed by atoms with E-state index < -0.39 is 12.0 Å². The molecule has 2 aliphatic rings. The third-order valence-corrected chi connectivity index (χ3v) is 2.36. The van der Waals surface area contributed by atoms with Crippen molar-refractivity contribution >= 4 is 24.7 Å². The number of hydrogen-bond donors (Lipinski definition) is 1. The van der Waals surface area contributed by atoms with Gasteiger partial charge in [-0.3, -0.25) is 9.69 Å². The molecule has 77 valence electrons. The minimum absolute atomic E-state index is 0. The zero-order valence-corrected chi connectivity index (χ0v) is 8.49. The third kappa shape index (κ3) is 1.73. The van der Waals surface area contributed by atoms with E-state index in [0.29, 0.717) is 13.0 Å². The van der Waals surface area contributed by atoms with Crippen molar-refractivity contribution in [3.8, 4) is 0 Å². The maximum absolute atomic E-state index is 10.8. The molecule has 0 unspecified atom stereocenters. The van der Waals surface area contributed by atoms with Crippen molar-refractivity contribution in [2.24, 2.45) is 4.99 Å². The second kappa shape index (κ2) is 3.98. The van der Waals surface area contributed by atoms with Crippen molar-refractivity contribution in [3.63, 3.8) is 0 Å². The molecule has 1 atom stereocenters. The van der Waals surface area contributed by atoms with Gasteiger partial charge in [-0.25, -0.2) is 10.3 Å². The molecule has 0 aromatic carbocycles. The Bertz CT molecular complexity index is 314. The molecule has 2 aliphatic heterocycles. The van der Waals surface area contributed by atoms with Crippen LogP contribution in [0.1, 0.15) is 6.42 Å². The lowest BCUT2D eigenvalue weighted by Gasteiger charge is -2.28. The normalized spacial score (nSPS) is 25.4. The maximum atomic E-state index is 10.8. The first-order valence-electron chi connectivity index (χ1n) is 4.07. The van der Waals surface area contributed by atoms with E-state index >= 15 is 0 Å². The van der Waals surface area contributed by atoms with E-state index in [2.05, 4.69) is 10.3 Å². The molecular formula is C8H11ClN3O2. The smallest absolute Gasteiger partial charge is 0.321 e. The predicted molar refractivity (Wildman–Crippen MR) is 53.6 cm³/mol. The first-order chi connectivity index (χ1) is 6.18. The van der Waals surface area contributed by atoms with Crippen molar-refractivity contribution in [2.75, 3.05) is 13.6 Å². The topological polar surface area (TPSA) is 67.0 Å². The number of nitrogens with zero attached hydrogens (tertiary/aromatic N) is 3. The van der Waals surface area contributed by atoms with Gasteiger partial charge in [0.25, 0.3) is 0 Å². The fourth-order valence-corrected chi connectivity index (χ4v) is 1.58. The third-order valence-electron chi connectivity index (χ3n) is 2.36. The molecule has 6 heteroatoms. The lowest BCUT2D eigenvalue weighted by atomic mass is 10.0. The monoisotopic (exact) mass is 216 g/mol. The van der Waals surface area contributed by atoms with Crippen LogP contribution in [0.3, 0.4) is 0 Å². The minimum atomic E-state index is -0.795. The van der Waals surface area contributed by atoms with Crippen LogP contribution in [-0.4, -0.2) is 41.9 Å². The van der Waals surface area contributed by atoms with E-state index in [1.165, 1.54) is 6.34 Å². The predicted octanol–water partition coefficient (Wildman–Crippen LogP) is 0.0548. The fourth-order valence-electron chi connectivity index (χ4n) is 1.58. The number of carboxylic acids is 1. The van der Waals surface area contributed by atoms with Gasteiger partial charge < -0.3 is 5.11 Å². The number of likely N-dealkylation sites (N-methyl/N-ethyl adjacent to an activating group) is 1. The van der Waals surface area contributed by atoms with Crippen molar-refractivity contribution < 1.29 is 9.90 Å². The van der Waals surface area contributed by atoms with Gasteiger partial charge in [-0.2, -0.15) is 0 Å². The molecule has 0 fully saturated rings. The van der Waals surface area contributed by atoms with E-state index in [-0.39, 0.29) is 12.4 Å². The van der Waals surface area contributed by atoms with Gasteiger partial charge in [0, 0.05) is 13.0 Å². The SMILES string of the molecule is CN1CC2=C(C[C@H]1C(=O)O)[N]C=N2.Cl. The van der Waals surface area contributed by atoms with Crippen molar-refractivity contribution in [3.05, 3.63) is 11.4 Å². The zero-order chi connectivity index (χ0) is 9.42. The Morgan fingerprint density at radius 1 is 1.64 bits per heavy atom. The molecule has 5 nitrogen and oxygen atoms in total. The highest BCUT2D eigenvalue weighted by Crippen LogP contribution is 2.23. The van der Waals surface area contributed by atoms with Crippen LogP contribution in [0.4, 0.5) is 0 Å². The van der Waals surface area contributed by atoms with E-state index in [1.807, 2.05) is 0 Å². The van der Waals surface area contributed by atoms with E-state index in [9.17, 15) is 4.79 Å². The highest BCUT2D eigenvalue weighted by atomic mass is 35.5. The van der Waals surface area contributed by atoms with Gasteiger partial charge in [0.2, 0.25) is 0 Å². The minimum Gasteiger partial charge on any atom is -0.480 e. The molecule has 0 bridgehead atoms. The standard InChI is InChI=1S/C8H10N3O2.ClH/c1-11-3-6-5(9-4-10-6)2-7(11)8(12)13;/h4,7H,2-3H2,1H3,(H,12,13);1H/t7-;/m0./s1. The average Bonchev–Trinajstić information content (AvgIpc) is 2.48. The Hall–Kier alpha value is -1.07. The molecule has 2 heterocycles. The lowest BCUT2D eigenvalue weighted by molar-refractivity contribution is -0.142. The summed E-state index contributed by atoms with van der Waals surface area (Å²) in [5, 5.41) is 12.9. The molecule has 2 rings (SSSR count). The van der Waals surface area contributed by atoms with Crippen LogP contribution in [0.25, 0.3) is 0 Å². The molecule has 0 aromatic rings. The van der Waals surface area contributed by atoms with Gasteiger partial charge in [0.15, 0.2) is 0 Å². The number of aliphatic carboxylic acids is 1. The van der Waals surface area contributed by atoms with Gasteiger partial charge in [0.1, 0.15) is 12.4 Å². The molecule has 0 aliphatic carbocycles. The maximum Gasteiger partial charge on any atom is 0.321 e. The molecule has 1 radical (unpaired) electrons. The summed E-state index contributed by atoms with van der Waals surface area (Å²) in [6.07, 6.45) is 1.95. The Labute approximate surface area is 87.9 Å². The molecule has 0 saturated heterocycles. The van der Waals surface area contributed by atoms with Crippen LogP contribution in [0.15, 0.2) is 16.4 Å². The number of hydrogen-bond acceptors (Lipinski definition) is 3. The van der Waals surface area contributed by atoms with Crippen molar-refractivity contribution in [2.45, 2.75) is 12.5 Å². The summed E-state index contributed by atoms with van der Waals surface area (Å²) in [7, 11) is 1.79. The molecule has 0 spiro atoms. The summed E-state index contributed by atoms with van der Waals surface area (Å²) < 4.78 is 0. The summed E-state index contributed by atoms with van der Waals surface area (Å²) in [6.45, 7) is 0.576. The van der Waals surface area contributed by atoms with Crippen LogP contribution >= 0.6 is 12.4 Å². The summed E-state index contributed by atoms with van der Waals surface area (Å²) >= 11 is 0. The van der Waals surface area contributed by atoms with Crippen molar-refractivity contribution in [1.82, 2.24) is 10.2 Å². The molecule has 0 aromatic heterocycles. The lowest BCUT2D eigenvalue weighted by Crippen LogP contribution is -2.43. The Balaban J connectivity index is 0.000000980. The average molecular weight is 217 g/mol. The van der Waals surface area contributed by atoms with Gasteiger partial charge in [0.05, 0.1) is 11.4 Å². The second-order valence-corrected chi connectivity index (χ2v) is 3.24. The summed E-state index contributed by atoms with van der Waals surface area (Å²) in [5.74, 6) is -0.795. The molecule has 14 heavy (non-hydrogen) atoms. The highest BCUT2D eigenvalue weighted by molar-refractivity contribution is 5.85. The number of aliphatic imine (C=N–C) groups is 1. The Morgan fingerprint density at radius 3 is 3.00 bits per heavy atom. The largest absolute Gasteiger partial charge is 0.480 e. The summed E-state index contributed by atoms with van der Waals surface area (Å²) in [4.78, 5) is 16.6. The number of halogens is 1. The molecule has 0 saturated carbocycles. The van der Waals surface area contributed by atoms with Crippen molar-refractivity contribution in [1.29, 1.82) is 0 Å². The summed E-state index contributed by atoms with van der Waals surface area (Å²) in [5.41, 5.74) is 1.73. The van der Waals surface area contributed by atoms with Crippen LogP contribution in [-0.2, 0) is 4.79 Å². The quantitative estimate of drug-likeness (QED) is 0.674. The summed E-state index contributed by atoms with van der Waals surface area (Å²) in [6, 6.07) is -0.454. The Morgan fingerprint density at radius 2 is 2.36 bits per heavy atom. The Kier molecular flexibility index (Phi) is 3.13. The van der Waals surface area contributed by atoms with Gasteiger partial charge in [-0.05, 0) is 7.05 Å². The van der Waals surface area contributed by atoms with Crippen LogP contribution in [0.5, 0.6) is 0 Å². The van der Waals surface area contributed by atoms with Crippen LogP contribution in [0.2, 0.25) is 0 Å².